The van der Waals surface area contributed by atoms with E-state index in [4.69, 9.17) is 11.6 Å². The summed E-state index contributed by atoms with van der Waals surface area (Å²) in [5, 5.41) is 19.7. The maximum absolute atomic E-state index is 9.73. The lowest BCUT2D eigenvalue weighted by molar-refractivity contribution is 0.0173. The molecule has 78 valence electrons. The first-order valence-electron chi connectivity index (χ1n) is 4.38. The van der Waals surface area contributed by atoms with Crippen molar-refractivity contribution in [2.45, 2.75) is 18.6 Å². The summed E-state index contributed by atoms with van der Waals surface area (Å²) in [5.74, 6) is 0.530. The summed E-state index contributed by atoms with van der Waals surface area (Å²) in [6.45, 7) is 0. The molecule has 0 aromatic heterocycles. The molecule has 0 bridgehead atoms. The molecule has 0 radical (unpaired) electrons. The van der Waals surface area contributed by atoms with Gasteiger partial charge in [0, 0.05) is 10.6 Å². The fourth-order valence-electron chi connectivity index (χ4n) is 1.21. The van der Waals surface area contributed by atoms with Gasteiger partial charge in [-0.05, 0) is 18.2 Å². The highest BCUT2D eigenvalue weighted by Gasteiger charge is 2.19. The maximum Gasteiger partial charge on any atom is 0.106 e. The number of hydrogen-bond acceptors (Lipinski definition) is 3. The average Bonchev–Trinajstić information content (AvgIpc) is 2.18. The van der Waals surface area contributed by atoms with Crippen molar-refractivity contribution in [2.24, 2.45) is 0 Å². The summed E-state index contributed by atoms with van der Waals surface area (Å²) in [5.41, 5.74) is 0.559. The van der Waals surface area contributed by atoms with Gasteiger partial charge in [0.05, 0.1) is 6.10 Å². The molecule has 1 aromatic rings. The molecule has 1 aromatic carbocycles. The van der Waals surface area contributed by atoms with Crippen LogP contribution in [0.2, 0.25) is 5.02 Å². The molecule has 0 heterocycles. The molecular formula is C10H13ClO2S. The monoisotopic (exact) mass is 232 g/mol. The van der Waals surface area contributed by atoms with Crippen LogP contribution in [0.5, 0.6) is 0 Å². The number of aliphatic hydroxyl groups is 2. The van der Waals surface area contributed by atoms with Gasteiger partial charge < -0.3 is 10.2 Å². The van der Waals surface area contributed by atoms with E-state index in [1.165, 1.54) is 0 Å². The Labute approximate surface area is 93.9 Å². The van der Waals surface area contributed by atoms with Gasteiger partial charge in [-0.25, -0.2) is 0 Å². The van der Waals surface area contributed by atoms with Crippen LogP contribution in [0.3, 0.4) is 0 Å². The maximum atomic E-state index is 9.73. The predicted molar refractivity (Wildman–Crippen MR) is 60.9 cm³/mol. The van der Waals surface area contributed by atoms with Gasteiger partial charge in [-0.2, -0.15) is 12.6 Å². The van der Waals surface area contributed by atoms with Gasteiger partial charge in [0.1, 0.15) is 6.10 Å². The third-order valence-corrected chi connectivity index (χ3v) is 2.62. The second-order valence-corrected chi connectivity index (χ2v) is 3.90. The molecule has 0 saturated carbocycles. The standard InChI is InChI=1S/C10H13ClO2S/c11-8-4-2-1-3-7(8)10(13)9(12)5-6-14/h1-4,9-10,12-14H,5-6H2. The molecular weight excluding hydrogens is 220 g/mol. The van der Waals surface area contributed by atoms with Crippen molar-refractivity contribution in [1.82, 2.24) is 0 Å². The van der Waals surface area contributed by atoms with Gasteiger partial charge in [-0.1, -0.05) is 29.8 Å². The first-order valence-corrected chi connectivity index (χ1v) is 5.39. The van der Waals surface area contributed by atoms with E-state index in [1.54, 1.807) is 24.3 Å². The van der Waals surface area contributed by atoms with Crippen LogP contribution in [0.4, 0.5) is 0 Å². The number of aliphatic hydroxyl groups excluding tert-OH is 2. The molecule has 0 saturated heterocycles. The summed E-state index contributed by atoms with van der Waals surface area (Å²) < 4.78 is 0. The SMILES string of the molecule is OC(CCS)C(O)c1ccccc1Cl. The third kappa shape index (κ3) is 2.89. The van der Waals surface area contributed by atoms with E-state index >= 15 is 0 Å². The van der Waals surface area contributed by atoms with Gasteiger partial charge in [0.15, 0.2) is 0 Å². The topological polar surface area (TPSA) is 40.5 Å². The number of benzene rings is 1. The summed E-state index contributed by atoms with van der Waals surface area (Å²) >= 11 is 9.86. The number of rotatable bonds is 4. The Morgan fingerprint density at radius 3 is 2.50 bits per heavy atom. The highest BCUT2D eigenvalue weighted by Crippen LogP contribution is 2.26. The van der Waals surface area contributed by atoms with Gasteiger partial charge in [0.25, 0.3) is 0 Å². The lowest BCUT2D eigenvalue weighted by Crippen LogP contribution is -2.18. The average molecular weight is 233 g/mol. The van der Waals surface area contributed by atoms with Crippen molar-refractivity contribution in [2.75, 3.05) is 5.75 Å². The Hall–Kier alpha value is -0.220. The van der Waals surface area contributed by atoms with E-state index in [0.29, 0.717) is 22.8 Å². The Bertz CT molecular complexity index is 293. The zero-order valence-corrected chi connectivity index (χ0v) is 9.25. The molecule has 2 N–H and O–H groups in total. The number of halogens is 1. The molecule has 0 amide bonds. The minimum Gasteiger partial charge on any atom is -0.390 e. The Balaban J connectivity index is 2.78. The first kappa shape index (κ1) is 11.9. The molecule has 14 heavy (non-hydrogen) atoms. The molecule has 0 spiro atoms. The van der Waals surface area contributed by atoms with Crippen LogP contribution < -0.4 is 0 Å². The molecule has 0 aliphatic carbocycles. The van der Waals surface area contributed by atoms with Crippen LogP contribution in [-0.4, -0.2) is 22.1 Å². The van der Waals surface area contributed by atoms with Crippen molar-refractivity contribution in [3.8, 4) is 0 Å². The van der Waals surface area contributed by atoms with Crippen LogP contribution in [0.25, 0.3) is 0 Å². The molecule has 2 nitrogen and oxygen atoms in total. The van der Waals surface area contributed by atoms with Crippen molar-refractivity contribution < 1.29 is 10.2 Å². The summed E-state index contributed by atoms with van der Waals surface area (Å²) in [6.07, 6.45) is -1.31. The van der Waals surface area contributed by atoms with Crippen LogP contribution in [0, 0.1) is 0 Å². The first-order chi connectivity index (χ1) is 6.66. The van der Waals surface area contributed by atoms with Crippen LogP contribution in [0.15, 0.2) is 24.3 Å². The lowest BCUT2D eigenvalue weighted by atomic mass is 10.0. The predicted octanol–water partition coefficient (Wildman–Crippen LogP) is 2.05. The second kappa shape index (κ2) is 5.61. The zero-order chi connectivity index (χ0) is 10.6. The molecule has 0 aliphatic heterocycles. The second-order valence-electron chi connectivity index (χ2n) is 3.05. The molecule has 2 unspecified atom stereocenters. The van der Waals surface area contributed by atoms with E-state index in [9.17, 15) is 10.2 Å². The van der Waals surface area contributed by atoms with Crippen LogP contribution in [0.1, 0.15) is 18.1 Å². The fraction of sp³-hybridized carbons (Fsp3) is 0.400. The van der Waals surface area contributed by atoms with Gasteiger partial charge in [0.2, 0.25) is 0 Å². The van der Waals surface area contributed by atoms with Crippen LogP contribution in [-0.2, 0) is 0 Å². The largest absolute Gasteiger partial charge is 0.390 e. The highest BCUT2D eigenvalue weighted by atomic mass is 35.5. The smallest absolute Gasteiger partial charge is 0.106 e. The minimum atomic E-state index is -0.934. The Kier molecular flexibility index (Phi) is 4.75. The van der Waals surface area contributed by atoms with Gasteiger partial charge in [-0.3, -0.25) is 0 Å². The molecule has 2 atom stereocenters. The summed E-state index contributed by atoms with van der Waals surface area (Å²) in [6, 6.07) is 6.95. The highest BCUT2D eigenvalue weighted by molar-refractivity contribution is 7.80. The lowest BCUT2D eigenvalue weighted by Gasteiger charge is -2.18. The Morgan fingerprint density at radius 1 is 1.29 bits per heavy atom. The van der Waals surface area contributed by atoms with E-state index < -0.39 is 12.2 Å². The molecule has 0 fully saturated rings. The Morgan fingerprint density at radius 2 is 1.93 bits per heavy atom. The number of hydrogen-bond donors (Lipinski definition) is 3. The van der Waals surface area contributed by atoms with E-state index in [1.807, 2.05) is 0 Å². The summed E-state index contributed by atoms with van der Waals surface area (Å²) in [4.78, 5) is 0. The van der Waals surface area contributed by atoms with Crippen molar-refractivity contribution in [3.63, 3.8) is 0 Å². The van der Waals surface area contributed by atoms with Gasteiger partial charge in [-0.15, -0.1) is 0 Å². The van der Waals surface area contributed by atoms with Gasteiger partial charge >= 0.3 is 0 Å². The summed E-state index contributed by atoms with van der Waals surface area (Å²) in [7, 11) is 0. The fourth-order valence-corrected chi connectivity index (χ4v) is 1.72. The minimum absolute atomic E-state index is 0.440. The zero-order valence-electron chi connectivity index (χ0n) is 7.60. The number of thiol groups is 1. The quantitative estimate of drug-likeness (QED) is 0.696. The van der Waals surface area contributed by atoms with E-state index in [0.717, 1.165) is 0 Å². The van der Waals surface area contributed by atoms with E-state index in [-0.39, 0.29) is 0 Å². The van der Waals surface area contributed by atoms with Crippen molar-refractivity contribution in [1.29, 1.82) is 0 Å². The normalized spacial score (nSPS) is 15.1. The molecule has 0 aliphatic rings. The third-order valence-electron chi connectivity index (χ3n) is 2.01. The van der Waals surface area contributed by atoms with Crippen molar-refractivity contribution >= 4 is 24.2 Å². The van der Waals surface area contributed by atoms with E-state index in [2.05, 4.69) is 12.6 Å². The van der Waals surface area contributed by atoms with Crippen molar-refractivity contribution in [3.05, 3.63) is 34.9 Å². The van der Waals surface area contributed by atoms with Crippen LogP contribution >= 0.6 is 24.2 Å². The molecule has 1 rings (SSSR count). The molecule has 4 heteroatoms.